The van der Waals surface area contributed by atoms with Crippen LogP contribution in [0, 0.1) is 13.8 Å². The zero-order valence-corrected chi connectivity index (χ0v) is 11.0. The summed E-state index contributed by atoms with van der Waals surface area (Å²) in [5.74, 6) is -1.01. The molecule has 0 amide bonds. The number of rotatable bonds is 4. The third kappa shape index (κ3) is 3.55. The molecule has 0 fully saturated rings. The van der Waals surface area contributed by atoms with Gasteiger partial charge in [0.1, 0.15) is 5.69 Å². The van der Waals surface area contributed by atoms with Crippen LogP contribution in [0.4, 0.5) is 5.69 Å². The van der Waals surface area contributed by atoms with Gasteiger partial charge in [0.25, 0.3) is 0 Å². The number of benzene rings is 1. The number of hydrogen-bond acceptors (Lipinski definition) is 3. The van der Waals surface area contributed by atoms with Gasteiger partial charge in [0.15, 0.2) is 0 Å². The molecule has 2 N–H and O–H groups in total. The van der Waals surface area contributed by atoms with Crippen LogP contribution in [0.5, 0.6) is 0 Å². The van der Waals surface area contributed by atoms with Gasteiger partial charge in [-0.2, -0.15) is 0 Å². The molecule has 0 radical (unpaired) electrons. The maximum atomic E-state index is 10.8. The number of nitrogens with one attached hydrogen (secondary N) is 1. The molecular formula is C15H16N2O2. The van der Waals surface area contributed by atoms with Crippen molar-refractivity contribution in [1.29, 1.82) is 0 Å². The molecule has 0 aliphatic carbocycles. The molecule has 98 valence electrons. The molecule has 0 bridgehead atoms. The molecule has 1 aromatic carbocycles. The standard InChI is InChI=1S/C15H16N2O2/c1-10-6-11(2)8-13(7-10)16-9-12-4-3-5-14(17-12)15(18)19/h3-8,16H,9H2,1-2H3,(H,18,19). The Morgan fingerprint density at radius 2 is 1.89 bits per heavy atom. The van der Waals surface area contributed by atoms with Gasteiger partial charge in [-0.25, -0.2) is 9.78 Å². The Labute approximate surface area is 112 Å². The molecule has 2 aromatic rings. The average Bonchev–Trinajstić information content (AvgIpc) is 2.35. The lowest BCUT2D eigenvalue weighted by molar-refractivity contribution is 0.0690. The molecule has 0 saturated carbocycles. The highest BCUT2D eigenvalue weighted by Crippen LogP contribution is 2.14. The van der Waals surface area contributed by atoms with Crippen LogP contribution in [0.25, 0.3) is 0 Å². The van der Waals surface area contributed by atoms with Crippen molar-refractivity contribution < 1.29 is 9.90 Å². The van der Waals surface area contributed by atoms with Crippen LogP contribution in [0.3, 0.4) is 0 Å². The van der Waals surface area contributed by atoms with Crippen LogP contribution >= 0.6 is 0 Å². The minimum atomic E-state index is -1.01. The van der Waals surface area contributed by atoms with E-state index in [9.17, 15) is 4.79 Å². The quantitative estimate of drug-likeness (QED) is 0.882. The molecule has 1 aromatic heterocycles. The molecule has 0 atom stereocenters. The number of nitrogens with zero attached hydrogens (tertiary/aromatic N) is 1. The van der Waals surface area contributed by atoms with Crippen LogP contribution in [-0.2, 0) is 6.54 Å². The van der Waals surface area contributed by atoms with Gasteiger partial charge < -0.3 is 10.4 Å². The van der Waals surface area contributed by atoms with Gasteiger partial charge >= 0.3 is 5.97 Å². The second kappa shape index (κ2) is 5.52. The molecule has 0 saturated heterocycles. The van der Waals surface area contributed by atoms with Gasteiger partial charge in [-0.15, -0.1) is 0 Å². The fraction of sp³-hybridized carbons (Fsp3) is 0.200. The zero-order valence-electron chi connectivity index (χ0n) is 11.0. The average molecular weight is 256 g/mol. The first-order valence-corrected chi connectivity index (χ1v) is 6.06. The molecule has 0 aliphatic rings. The van der Waals surface area contributed by atoms with E-state index in [1.807, 2.05) is 32.0 Å². The Morgan fingerprint density at radius 3 is 2.53 bits per heavy atom. The summed E-state index contributed by atoms with van der Waals surface area (Å²) < 4.78 is 0. The smallest absolute Gasteiger partial charge is 0.354 e. The van der Waals surface area contributed by atoms with Crippen molar-refractivity contribution in [2.24, 2.45) is 0 Å². The Balaban J connectivity index is 2.10. The first-order valence-electron chi connectivity index (χ1n) is 6.06. The van der Waals surface area contributed by atoms with Crippen molar-refractivity contribution in [2.75, 3.05) is 5.32 Å². The lowest BCUT2D eigenvalue weighted by atomic mass is 10.1. The highest BCUT2D eigenvalue weighted by Gasteiger charge is 2.05. The third-order valence-electron chi connectivity index (χ3n) is 2.72. The first kappa shape index (κ1) is 13.1. The number of aryl methyl sites for hydroxylation is 2. The molecule has 0 spiro atoms. The minimum absolute atomic E-state index is 0.0692. The number of carbonyl (C=O) groups is 1. The molecule has 2 rings (SSSR count). The number of carboxylic acids is 1. The summed E-state index contributed by atoms with van der Waals surface area (Å²) in [7, 11) is 0. The maximum Gasteiger partial charge on any atom is 0.354 e. The van der Waals surface area contributed by atoms with Crippen molar-refractivity contribution in [2.45, 2.75) is 20.4 Å². The Hall–Kier alpha value is -2.36. The van der Waals surface area contributed by atoms with E-state index in [2.05, 4.69) is 16.4 Å². The van der Waals surface area contributed by atoms with E-state index in [1.165, 1.54) is 17.2 Å². The summed E-state index contributed by atoms with van der Waals surface area (Å²) >= 11 is 0. The minimum Gasteiger partial charge on any atom is -0.477 e. The fourth-order valence-corrected chi connectivity index (χ4v) is 1.97. The van der Waals surface area contributed by atoms with E-state index in [4.69, 9.17) is 5.11 Å². The lowest BCUT2D eigenvalue weighted by Gasteiger charge is -2.08. The van der Waals surface area contributed by atoms with Crippen LogP contribution in [0.15, 0.2) is 36.4 Å². The second-order valence-corrected chi connectivity index (χ2v) is 4.55. The highest BCUT2D eigenvalue weighted by atomic mass is 16.4. The summed E-state index contributed by atoms with van der Waals surface area (Å²) in [6.07, 6.45) is 0. The third-order valence-corrected chi connectivity index (χ3v) is 2.72. The molecular weight excluding hydrogens is 240 g/mol. The topological polar surface area (TPSA) is 62.2 Å². The van der Waals surface area contributed by atoms with Gasteiger partial charge in [0.05, 0.1) is 12.2 Å². The molecule has 1 heterocycles. The van der Waals surface area contributed by atoms with Gasteiger partial charge in [0, 0.05) is 5.69 Å². The van der Waals surface area contributed by atoms with Crippen LogP contribution < -0.4 is 5.32 Å². The van der Waals surface area contributed by atoms with E-state index in [0.29, 0.717) is 12.2 Å². The molecule has 0 unspecified atom stereocenters. The lowest BCUT2D eigenvalue weighted by Crippen LogP contribution is -2.06. The molecule has 19 heavy (non-hydrogen) atoms. The number of aromatic nitrogens is 1. The zero-order chi connectivity index (χ0) is 13.8. The van der Waals surface area contributed by atoms with Crippen LogP contribution in [0.1, 0.15) is 27.3 Å². The summed E-state index contributed by atoms with van der Waals surface area (Å²) in [6.45, 7) is 4.59. The highest BCUT2D eigenvalue weighted by molar-refractivity contribution is 5.85. The Kier molecular flexibility index (Phi) is 3.80. The van der Waals surface area contributed by atoms with Gasteiger partial charge in [-0.1, -0.05) is 12.1 Å². The predicted molar refractivity (Wildman–Crippen MR) is 74.4 cm³/mol. The van der Waals surface area contributed by atoms with Gasteiger partial charge in [0.2, 0.25) is 0 Å². The molecule has 0 aliphatic heterocycles. The van der Waals surface area contributed by atoms with Crippen LogP contribution in [-0.4, -0.2) is 16.1 Å². The molecule has 4 heteroatoms. The van der Waals surface area contributed by atoms with E-state index >= 15 is 0 Å². The van der Waals surface area contributed by atoms with Crippen molar-refractivity contribution in [3.8, 4) is 0 Å². The Bertz CT molecular complexity index is 589. The second-order valence-electron chi connectivity index (χ2n) is 4.55. The summed E-state index contributed by atoms with van der Waals surface area (Å²) in [4.78, 5) is 14.9. The largest absolute Gasteiger partial charge is 0.477 e. The van der Waals surface area contributed by atoms with Crippen molar-refractivity contribution in [1.82, 2.24) is 4.98 Å². The van der Waals surface area contributed by atoms with Crippen molar-refractivity contribution >= 4 is 11.7 Å². The number of pyridine rings is 1. The first-order chi connectivity index (χ1) is 9.04. The number of aromatic carboxylic acids is 1. The fourth-order valence-electron chi connectivity index (χ4n) is 1.97. The van der Waals surface area contributed by atoms with E-state index in [1.54, 1.807) is 6.07 Å². The van der Waals surface area contributed by atoms with E-state index < -0.39 is 5.97 Å². The summed E-state index contributed by atoms with van der Waals surface area (Å²) in [5.41, 5.74) is 4.17. The molecule has 4 nitrogen and oxygen atoms in total. The monoisotopic (exact) mass is 256 g/mol. The van der Waals surface area contributed by atoms with Crippen LogP contribution in [0.2, 0.25) is 0 Å². The summed E-state index contributed by atoms with van der Waals surface area (Å²) in [5, 5.41) is 12.1. The number of carboxylic acid groups (broad SMARTS) is 1. The van der Waals surface area contributed by atoms with Gasteiger partial charge in [-0.05, 0) is 49.2 Å². The number of anilines is 1. The van der Waals surface area contributed by atoms with Gasteiger partial charge in [-0.3, -0.25) is 0 Å². The van der Waals surface area contributed by atoms with Crippen molar-refractivity contribution in [3.63, 3.8) is 0 Å². The number of hydrogen-bond donors (Lipinski definition) is 2. The van der Waals surface area contributed by atoms with Crippen molar-refractivity contribution in [3.05, 3.63) is 58.9 Å². The van der Waals surface area contributed by atoms with E-state index in [-0.39, 0.29) is 5.69 Å². The maximum absolute atomic E-state index is 10.8. The normalized spacial score (nSPS) is 10.2. The summed E-state index contributed by atoms with van der Waals surface area (Å²) in [6, 6.07) is 11.2. The van der Waals surface area contributed by atoms with E-state index in [0.717, 1.165) is 5.69 Å². The SMILES string of the molecule is Cc1cc(C)cc(NCc2cccc(C(=O)O)n2)c1. The Morgan fingerprint density at radius 1 is 1.21 bits per heavy atom. The predicted octanol–water partition coefficient (Wildman–Crippen LogP) is 3.01.